The summed E-state index contributed by atoms with van der Waals surface area (Å²) in [5, 5.41) is 0. The molecule has 2 rings (SSSR count). The van der Waals surface area contributed by atoms with Gasteiger partial charge in [0, 0.05) is 17.2 Å². The fourth-order valence-electron chi connectivity index (χ4n) is 2.82. The van der Waals surface area contributed by atoms with E-state index in [2.05, 4.69) is 103 Å². The summed E-state index contributed by atoms with van der Waals surface area (Å²) in [5.74, 6) is 3.18. The lowest BCUT2D eigenvalue weighted by Crippen LogP contribution is -2.19. The van der Waals surface area contributed by atoms with E-state index < -0.39 is 0 Å². The van der Waals surface area contributed by atoms with Gasteiger partial charge < -0.3 is 9.47 Å². The molecule has 0 spiro atoms. The summed E-state index contributed by atoms with van der Waals surface area (Å²) < 4.78 is 13.7. The van der Waals surface area contributed by atoms with Crippen LogP contribution in [0.2, 0.25) is 0 Å². The van der Waals surface area contributed by atoms with Crippen LogP contribution < -0.4 is 9.47 Å². The second kappa shape index (κ2) is 11.1. The first-order valence-electron chi connectivity index (χ1n) is 10.1. The Bertz CT molecular complexity index is 767. The van der Waals surface area contributed by atoms with Crippen molar-refractivity contribution < 1.29 is 9.47 Å². The SMILES string of the molecule is CC[C@H](C)COc1ccc(C(C)(C)c2cc(Br)c(OC[C@@H](C)CCl)c(Br)c2)cc1. The molecule has 2 aromatic carbocycles. The number of rotatable bonds is 10. The van der Waals surface area contributed by atoms with Gasteiger partial charge in [-0.05, 0) is 73.2 Å². The zero-order valence-corrected chi connectivity index (χ0v) is 21.8. The van der Waals surface area contributed by atoms with Crippen molar-refractivity contribution in [2.75, 3.05) is 19.1 Å². The molecule has 0 aliphatic heterocycles. The quantitative estimate of drug-likeness (QED) is 0.280. The highest BCUT2D eigenvalue weighted by molar-refractivity contribution is 9.11. The van der Waals surface area contributed by atoms with E-state index in [9.17, 15) is 0 Å². The van der Waals surface area contributed by atoms with Crippen LogP contribution in [0.4, 0.5) is 0 Å². The van der Waals surface area contributed by atoms with Gasteiger partial charge in [0.2, 0.25) is 0 Å². The molecule has 0 fully saturated rings. The van der Waals surface area contributed by atoms with Crippen molar-refractivity contribution in [2.24, 2.45) is 11.8 Å². The summed E-state index contributed by atoms with van der Waals surface area (Å²) in [7, 11) is 0. The minimum absolute atomic E-state index is 0.164. The fraction of sp³-hybridized carbons (Fsp3) is 0.500. The predicted octanol–water partition coefficient (Wildman–Crippen LogP) is 8.22. The molecule has 160 valence electrons. The van der Waals surface area contributed by atoms with E-state index in [0.29, 0.717) is 24.3 Å². The van der Waals surface area contributed by atoms with Gasteiger partial charge in [-0.15, -0.1) is 11.6 Å². The van der Waals surface area contributed by atoms with Crippen molar-refractivity contribution in [1.29, 1.82) is 0 Å². The zero-order chi connectivity index (χ0) is 21.6. The molecule has 29 heavy (non-hydrogen) atoms. The molecule has 0 radical (unpaired) electrons. The van der Waals surface area contributed by atoms with Crippen LogP contribution in [0.15, 0.2) is 45.3 Å². The number of ether oxygens (including phenoxy) is 2. The largest absolute Gasteiger partial charge is 0.493 e. The molecule has 0 saturated heterocycles. The van der Waals surface area contributed by atoms with Gasteiger partial charge in [-0.1, -0.05) is 53.2 Å². The maximum Gasteiger partial charge on any atom is 0.147 e. The highest BCUT2D eigenvalue weighted by Crippen LogP contribution is 2.41. The molecule has 2 nitrogen and oxygen atoms in total. The smallest absolute Gasteiger partial charge is 0.147 e. The van der Waals surface area contributed by atoms with Crippen molar-refractivity contribution in [2.45, 2.75) is 46.5 Å². The molecule has 2 atom stereocenters. The summed E-state index contributed by atoms with van der Waals surface area (Å²) in [4.78, 5) is 0. The third-order valence-electron chi connectivity index (χ3n) is 5.30. The predicted molar refractivity (Wildman–Crippen MR) is 131 cm³/mol. The van der Waals surface area contributed by atoms with E-state index in [-0.39, 0.29) is 5.41 Å². The lowest BCUT2D eigenvalue weighted by atomic mass is 9.78. The van der Waals surface area contributed by atoms with Gasteiger partial charge in [-0.2, -0.15) is 0 Å². The van der Waals surface area contributed by atoms with Crippen LogP contribution in [-0.2, 0) is 5.41 Å². The topological polar surface area (TPSA) is 18.5 Å². The van der Waals surface area contributed by atoms with Crippen LogP contribution in [0.5, 0.6) is 11.5 Å². The Morgan fingerprint density at radius 3 is 1.97 bits per heavy atom. The Balaban J connectivity index is 2.19. The average molecular weight is 547 g/mol. The number of hydrogen-bond donors (Lipinski definition) is 0. The van der Waals surface area contributed by atoms with Crippen LogP contribution in [0.1, 0.15) is 52.2 Å². The summed E-state index contributed by atoms with van der Waals surface area (Å²) in [6, 6.07) is 12.7. The molecule has 0 aliphatic rings. The third-order valence-corrected chi connectivity index (χ3v) is 7.01. The fourth-order valence-corrected chi connectivity index (χ4v) is 4.32. The van der Waals surface area contributed by atoms with Crippen LogP contribution >= 0.6 is 43.5 Å². The lowest BCUT2D eigenvalue weighted by Gasteiger charge is -2.27. The first-order chi connectivity index (χ1) is 13.7. The Morgan fingerprint density at radius 2 is 1.45 bits per heavy atom. The van der Waals surface area contributed by atoms with E-state index in [4.69, 9.17) is 21.1 Å². The minimum Gasteiger partial charge on any atom is -0.493 e. The number of hydrogen-bond acceptors (Lipinski definition) is 2. The van der Waals surface area contributed by atoms with Gasteiger partial charge in [0.15, 0.2) is 0 Å². The molecule has 2 aromatic rings. The van der Waals surface area contributed by atoms with Crippen LogP contribution in [0.25, 0.3) is 0 Å². The number of benzene rings is 2. The van der Waals surface area contributed by atoms with Crippen molar-refractivity contribution in [3.8, 4) is 11.5 Å². The van der Waals surface area contributed by atoms with Gasteiger partial charge >= 0.3 is 0 Å². The van der Waals surface area contributed by atoms with E-state index in [1.54, 1.807) is 0 Å². The van der Waals surface area contributed by atoms with E-state index in [1.807, 2.05) is 0 Å². The summed E-state index contributed by atoms with van der Waals surface area (Å²) in [5.41, 5.74) is 2.27. The Morgan fingerprint density at radius 1 is 0.897 bits per heavy atom. The molecule has 0 amide bonds. The maximum absolute atomic E-state index is 5.97. The minimum atomic E-state index is -0.164. The second-order valence-corrected chi connectivity index (χ2v) is 10.3. The molecule has 5 heteroatoms. The van der Waals surface area contributed by atoms with Crippen LogP contribution in [0, 0.1) is 11.8 Å². The van der Waals surface area contributed by atoms with Crippen molar-refractivity contribution in [3.05, 3.63) is 56.5 Å². The van der Waals surface area contributed by atoms with Gasteiger partial charge in [0.05, 0.1) is 22.2 Å². The van der Waals surface area contributed by atoms with Crippen molar-refractivity contribution in [1.82, 2.24) is 0 Å². The van der Waals surface area contributed by atoms with Gasteiger partial charge in [0.1, 0.15) is 11.5 Å². The lowest BCUT2D eigenvalue weighted by molar-refractivity contribution is 0.256. The molecule has 0 unspecified atom stereocenters. The molecule has 0 bridgehead atoms. The molecule has 0 saturated carbocycles. The molecule has 0 N–H and O–H groups in total. The van der Waals surface area contributed by atoms with Crippen molar-refractivity contribution in [3.63, 3.8) is 0 Å². The molecule has 0 heterocycles. The van der Waals surface area contributed by atoms with E-state index >= 15 is 0 Å². The summed E-state index contributed by atoms with van der Waals surface area (Å²) in [6.07, 6.45) is 1.12. The highest BCUT2D eigenvalue weighted by Gasteiger charge is 2.25. The molecule has 0 aromatic heterocycles. The van der Waals surface area contributed by atoms with Crippen LogP contribution in [0.3, 0.4) is 0 Å². The Hall–Kier alpha value is -0.710. The second-order valence-electron chi connectivity index (χ2n) is 8.31. The summed E-state index contributed by atoms with van der Waals surface area (Å²) >= 11 is 13.3. The van der Waals surface area contributed by atoms with Crippen LogP contribution in [-0.4, -0.2) is 19.1 Å². The van der Waals surface area contributed by atoms with Gasteiger partial charge in [-0.25, -0.2) is 0 Å². The maximum atomic E-state index is 5.97. The molecule has 0 aliphatic carbocycles. The van der Waals surface area contributed by atoms with Crippen molar-refractivity contribution >= 4 is 43.5 Å². The number of halogens is 3. The Labute approximate surface area is 197 Å². The summed E-state index contributed by atoms with van der Waals surface area (Å²) in [6.45, 7) is 12.3. The monoisotopic (exact) mass is 544 g/mol. The zero-order valence-electron chi connectivity index (χ0n) is 17.9. The average Bonchev–Trinajstić information content (AvgIpc) is 2.71. The Kier molecular flexibility index (Phi) is 9.37. The van der Waals surface area contributed by atoms with Gasteiger partial charge in [0.25, 0.3) is 0 Å². The normalized spacial score (nSPS) is 13.8. The molecular formula is C24H31Br2ClO2. The third kappa shape index (κ3) is 6.63. The van der Waals surface area contributed by atoms with E-state index in [1.165, 1.54) is 11.1 Å². The standard InChI is InChI=1S/C24H31Br2ClO2/c1-6-16(2)14-28-20-9-7-18(8-10-20)24(4,5)19-11-21(25)23(22(26)12-19)29-15-17(3)13-27/h7-12,16-17H,6,13-15H2,1-5H3/t16-,17-/m0/s1. The highest BCUT2D eigenvalue weighted by atomic mass is 79.9. The first kappa shape index (κ1) is 24.6. The van der Waals surface area contributed by atoms with E-state index in [0.717, 1.165) is 33.5 Å². The van der Waals surface area contributed by atoms with Gasteiger partial charge in [-0.3, -0.25) is 0 Å². The molecular weight excluding hydrogens is 516 g/mol. The number of alkyl halides is 1. The first-order valence-corrected chi connectivity index (χ1v) is 12.2.